The smallest absolute Gasteiger partial charge is 0.222 e. The van der Waals surface area contributed by atoms with Gasteiger partial charge in [-0.2, -0.15) is 0 Å². The maximum absolute atomic E-state index is 9.66. The summed E-state index contributed by atoms with van der Waals surface area (Å²) in [5, 5.41) is 18.5. The highest BCUT2D eigenvalue weighted by atomic mass is 35.5. The molecule has 19 heavy (non-hydrogen) atoms. The molecule has 104 valence electrons. The van der Waals surface area contributed by atoms with Crippen LogP contribution >= 0.6 is 35.3 Å². The molecule has 0 aromatic heterocycles. The van der Waals surface area contributed by atoms with Crippen molar-refractivity contribution in [3.63, 3.8) is 0 Å². The van der Waals surface area contributed by atoms with Crippen LogP contribution in [-0.2, 0) is 0 Å². The molecule has 2 rings (SSSR count). The van der Waals surface area contributed by atoms with Gasteiger partial charge in [0.05, 0.1) is 16.7 Å². The summed E-state index contributed by atoms with van der Waals surface area (Å²) in [6, 6.07) is 0. The number of allylic oxidation sites excluding steroid dienone is 1. The Bertz CT molecular complexity index is 475. The quantitative estimate of drug-likeness (QED) is 0.483. The van der Waals surface area contributed by atoms with E-state index in [1.807, 2.05) is 17.6 Å². The van der Waals surface area contributed by atoms with E-state index in [2.05, 4.69) is 15.2 Å². The molecule has 1 aliphatic heterocycles. The van der Waals surface area contributed by atoms with E-state index in [0.717, 1.165) is 0 Å². The van der Waals surface area contributed by atoms with Crippen LogP contribution < -0.4 is 0 Å². The van der Waals surface area contributed by atoms with Crippen LogP contribution in [0, 0.1) is 0 Å². The lowest BCUT2D eigenvalue weighted by atomic mass is 9.97. The van der Waals surface area contributed by atoms with E-state index < -0.39 is 11.0 Å². The molecule has 3 atom stereocenters. The van der Waals surface area contributed by atoms with Crippen molar-refractivity contribution in [3.8, 4) is 0 Å². The fourth-order valence-corrected chi connectivity index (χ4v) is 3.34. The molecule has 0 bridgehead atoms. The fourth-order valence-electron chi connectivity index (χ4n) is 1.58. The molecule has 1 heterocycles. The summed E-state index contributed by atoms with van der Waals surface area (Å²) in [7, 11) is 1.96. The number of hydrogen-bond acceptors (Lipinski definition) is 7. The van der Waals surface area contributed by atoms with Gasteiger partial charge >= 0.3 is 0 Å². The van der Waals surface area contributed by atoms with Crippen LogP contribution in [0.15, 0.2) is 39.1 Å². The lowest BCUT2D eigenvalue weighted by Crippen LogP contribution is -2.31. The standard InChI is InChI=1S/C11H15ClN4OS2/c1-11(12)6-7(4-5-8(11)17)14-15-9-13-10(18-3)16(2)19-9/h4-6,8,10,17H,1-3H3. The van der Waals surface area contributed by atoms with Gasteiger partial charge in [0.15, 0.2) is 5.50 Å². The number of azo groups is 1. The lowest BCUT2D eigenvalue weighted by molar-refractivity contribution is 0.195. The normalized spacial score (nSPS) is 35.8. The number of rotatable bonds is 2. The Morgan fingerprint density at radius 2 is 2.32 bits per heavy atom. The summed E-state index contributed by atoms with van der Waals surface area (Å²) in [6.45, 7) is 1.73. The zero-order chi connectivity index (χ0) is 14.0. The van der Waals surface area contributed by atoms with Gasteiger partial charge in [0.2, 0.25) is 5.17 Å². The minimum absolute atomic E-state index is 0.0787. The van der Waals surface area contributed by atoms with Crippen molar-refractivity contribution in [2.45, 2.75) is 23.4 Å². The zero-order valence-corrected chi connectivity index (χ0v) is 13.2. The number of amidine groups is 1. The van der Waals surface area contributed by atoms with Gasteiger partial charge in [0.25, 0.3) is 0 Å². The lowest BCUT2D eigenvalue weighted by Gasteiger charge is -2.25. The molecule has 0 aromatic carbocycles. The van der Waals surface area contributed by atoms with E-state index in [1.165, 1.54) is 11.9 Å². The van der Waals surface area contributed by atoms with Crippen LogP contribution in [0.25, 0.3) is 0 Å². The average Bonchev–Trinajstić information content (AvgIpc) is 2.71. The van der Waals surface area contributed by atoms with E-state index >= 15 is 0 Å². The van der Waals surface area contributed by atoms with Crippen molar-refractivity contribution in [3.05, 3.63) is 23.9 Å². The Kier molecular flexibility index (Phi) is 4.73. The third-order valence-electron chi connectivity index (χ3n) is 2.68. The third kappa shape index (κ3) is 3.61. The number of nitrogens with zero attached hydrogens (tertiary/aromatic N) is 4. The summed E-state index contributed by atoms with van der Waals surface area (Å²) in [5.41, 5.74) is 0.705. The summed E-state index contributed by atoms with van der Waals surface area (Å²) < 4.78 is 2.01. The molecule has 0 amide bonds. The maximum atomic E-state index is 9.66. The largest absolute Gasteiger partial charge is 0.387 e. The van der Waals surface area contributed by atoms with E-state index in [4.69, 9.17) is 11.6 Å². The molecule has 0 radical (unpaired) electrons. The van der Waals surface area contributed by atoms with Crippen LogP contribution in [0.3, 0.4) is 0 Å². The molecule has 5 nitrogen and oxygen atoms in total. The van der Waals surface area contributed by atoms with Crippen molar-refractivity contribution in [1.82, 2.24) is 4.31 Å². The second-order valence-electron chi connectivity index (χ2n) is 4.34. The summed E-state index contributed by atoms with van der Waals surface area (Å²) in [4.78, 5) is 3.56. The van der Waals surface area contributed by atoms with Gasteiger partial charge in [0.1, 0.15) is 0 Å². The van der Waals surface area contributed by atoms with Crippen LogP contribution in [0.5, 0.6) is 0 Å². The topological polar surface area (TPSA) is 60.6 Å². The Labute approximate surface area is 126 Å². The molecule has 1 aliphatic carbocycles. The number of aliphatic hydroxyl groups is 1. The number of hydrogen-bond donors (Lipinski definition) is 1. The average molecular weight is 319 g/mol. The van der Waals surface area contributed by atoms with E-state index in [1.54, 1.807) is 36.9 Å². The predicted molar refractivity (Wildman–Crippen MR) is 82.4 cm³/mol. The molecule has 0 aromatic rings. The number of halogens is 1. The summed E-state index contributed by atoms with van der Waals surface area (Å²) in [5.74, 6) is 0. The summed E-state index contributed by atoms with van der Waals surface area (Å²) in [6.07, 6.45) is 6.30. The first-order valence-electron chi connectivity index (χ1n) is 5.63. The maximum Gasteiger partial charge on any atom is 0.222 e. The molecule has 0 saturated heterocycles. The highest BCUT2D eigenvalue weighted by Gasteiger charge is 2.29. The fraction of sp³-hybridized carbons (Fsp3) is 0.545. The highest BCUT2D eigenvalue weighted by Crippen LogP contribution is 2.31. The van der Waals surface area contributed by atoms with E-state index in [-0.39, 0.29) is 5.50 Å². The number of aliphatic imine (C=N–C) groups is 1. The summed E-state index contributed by atoms with van der Waals surface area (Å²) >= 11 is 9.25. The van der Waals surface area contributed by atoms with E-state index in [9.17, 15) is 5.11 Å². The van der Waals surface area contributed by atoms with Crippen LogP contribution in [-0.4, -0.2) is 44.4 Å². The van der Waals surface area contributed by atoms with E-state index in [0.29, 0.717) is 10.9 Å². The molecular formula is C11H15ClN4OS2. The Morgan fingerprint density at radius 3 is 2.89 bits per heavy atom. The van der Waals surface area contributed by atoms with Gasteiger partial charge in [-0.1, -0.05) is 6.08 Å². The van der Waals surface area contributed by atoms with Gasteiger partial charge in [-0.15, -0.1) is 33.6 Å². The van der Waals surface area contributed by atoms with Crippen molar-refractivity contribution < 1.29 is 5.11 Å². The van der Waals surface area contributed by atoms with Gasteiger partial charge in [-0.05, 0) is 25.3 Å². The molecule has 2 aliphatic rings. The van der Waals surface area contributed by atoms with Crippen LogP contribution in [0.1, 0.15) is 6.92 Å². The molecular weight excluding hydrogens is 304 g/mol. The molecule has 0 spiro atoms. The highest BCUT2D eigenvalue weighted by molar-refractivity contribution is 8.13. The molecule has 1 N–H and O–H groups in total. The minimum Gasteiger partial charge on any atom is -0.387 e. The van der Waals surface area contributed by atoms with Gasteiger partial charge in [-0.3, -0.25) is 0 Å². The second kappa shape index (κ2) is 5.97. The van der Waals surface area contributed by atoms with Gasteiger partial charge < -0.3 is 5.11 Å². The molecule has 0 saturated carbocycles. The molecule has 8 heteroatoms. The Morgan fingerprint density at radius 1 is 1.58 bits per heavy atom. The zero-order valence-electron chi connectivity index (χ0n) is 10.8. The Hall–Kier alpha value is -0.340. The number of alkyl halides is 1. The Balaban J connectivity index is 2.07. The number of thioether (sulfide) groups is 1. The monoisotopic (exact) mass is 318 g/mol. The molecule has 0 fully saturated rings. The van der Waals surface area contributed by atoms with Crippen molar-refractivity contribution in [2.75, 3.05) is 13.3 Å². The van der Waals surface area contributed by atoms with Gasteiger partial charge in [-0.25, -0.2) is 9.30 Å². The van der Waals surface area contributed by atoms with Crippen molar-refractivity contribution in [1.29, 1.82) is 0 Å². The molecule has 3 unspecified atom stereocenters. The first-order chi connectivity index (χ1) is 8.92. The third-order valence-corrected chi connectivity index (χ3v) is 4.82. The van der Waals surface area contributed by atoms with Crippen LogP contribution in [0.2, 0.25) is 0 Å². The van der Waals surface area contributed by atoms with Crippen molar-refractivity contribution in [2.24, 2.45) is 15.2 Å². The SMILES string of the molecule is CSC1N=C(N=NC2=CC(C)(Cl)C(O)C=C2)SN1C. The van der Waals surface area contributed by atoms with Crippen molar-refractivity contribution >= 4 is 40.5 Å². The first kappa shape index (κ1) is 15.1. The number of aliphatic hydroxyl groups excluding tert-OH is 1. The first-order valence-corrected chi connectivity index (χ1v) is 8.07. The minimum atomic E-state index is -0.841. The predicted octanol–water partition coefficient (Wildman–Crippen LogP) is 2.85. The second-order valence-corrected chi connectivity index (χ2v) is 7.17. The van der Waals surface area contributed by atoms with Crippen LogP contribution in [0.4, 0.5) is 0 Å². The van der Waals surface area contributed by atoms with Gasteiger partial charge in [0, 0.05) is 19.0 Å².